The first-order chi connectivity index (χ1) is 14.2. The van der Waals surface area contributed by atoms with E-state index in [0.717, 1.165) is 22.4 Å². The van der Waals surface area contributed by atoms with Gasteiger partial charge in [-0.3, -0.25) is 0 Å². The van der Waals surface area contributed by atoms with Gasteiger partial charge in [0.15, 0.2) is 5.75 Å². The lowest BCUT2D eigenvalue weighted by molar-refractivity contribution is 0.390. The molecule has 0 radical (unpaired) electrons. The van der Waals surface area contributed by atoms with Crippen LogP contribution in [0.1, 0.15) is 22.3 Å². The zero-order chi connectivity index (χ0) is 21.9. The largest absolute Gasteiger partial charge is 0.493 e. The second-order valence-corrected chi connectivity index (χ2v) is 9.08. The molecule has 0 spiro atoms. The maximum Gasteiger partial charge on any atom is 0.339 e. The van der Waals surface area contributed by atoms with Crippen molar-refractivity contribution in [2.75, 3.05) is 12.4 Å². The number of hydrogen-bond acceptors (Lipinski definition) is 5. The summed E-state index contributed by atoms with van der Waals surface area (Å²) in [6.45, 7) is 6.45. The third-order valence-corrected chi connectivity index (χ3v) is 6.17. The molecule has 0 saturated carbocycles. The molecule has 30 heavy (non-hydrogen) atoms. The van der Waals surface area contributed by atoms with Gasteiger partial charge < -0.3 is 14.2 Å². The Bertz CT molecular complexity index is 1160. The summed E-state index contributed by atoms with van der Waals surface area (Å²) in [6.07, 6.45) is 0. The van der Waals surface area contributed by atoms with E-state index in [1.807, 2.05) is 32.9 Å². The molecule has 0 aliphatic rings. The summed E-state index contributed by atoms with van der Waals surface area (Å²) < 4.78 is 36.0. The summed E-state index contributed by atoms with van der Waals surface area (Å²) in [4.78, 5) is 0.0480. The van der Waals surface area contributed by atoms with E-state index >= 15 is 0 Å². The maximum absolute atomic E-state index is 12.6. The predicted molar refractivity (Wildman–Crippen MR) is 120 cm³/mol. The molecule has 1 N–H and O–H groups in total. The Morgan fingerprint density at radius 2 is 1.60 bits per heavy atom. The molecule has 0 bridgehead atoms. The lowest BCUT2D eigenvalue weighted by Crippen LogP contribution is -2.11. The van der Waals surface area contributed by atoms with Gasteiger partial charge in [0.05, 0.1) is 12.1 Å². The number of aryl methyl sites for hydroxylation is 3. The van der Waals surface area contributed by atoms with Gasteiger partial charge in [-0.1, -0.05) is 47.0 Å². The van der Waals surface area contributed by atoms with Crippen molar-refractivity contribution in [3.05, 3.63) is 81.9 Å². The number of ether oxygens (including phenoxy) is 1. The summed E-state index contributed by atoms with van der Waals surface area (Å²) in [5, 5.41) is 3.52. The van der Waals surface area contributed by atoms with Crippen molar-refractivity contribution in [2.45, 2.75) is 32.2 Å². The second-order valence-electron chi connectivity index (χ2n) is 7.13. The SMILES string of the molecule is COc1cc(CNc2ccc(C)cc2C)cc(Cl)c1OS(=O)(=O)c1ccc(C)cc1. The third-order valence-electron chi connectivity index (χ3n) is 4.66. The monoisotopic (exact) mass is 445 g/mol. The van der Waals surface area contributed by atoms with Gasteiger partial charge in [0.1, 0.15) is 4.90 Å². The van der Waals surface area contributed by atoms with Crippen molar-refractivity contribution in [3.8, 4) is 11.5 Å². The highest BCUT2D eigenvalue weighted by atomic mass is 35.5. The molecule has 0 aliphatic carbocycles. The quantitative estimate of drug-likeness (QED) is 0.476. The van der Waals surface area contributed by atoms with E-state index in [2.05, 4.69) is 11.4 Å². The van der Waals surface area contributed by atoms with Gasteiger partial charge in [-0.05, 0) is 62.2 Å². The minimum Gasteiger partial charge on any atom is -0.493 e. The van der Waals surface area contributed by atoms with Crippen molar-refractivity contribution in [1.82, 2.24) is 0 Å². The molecule has 7 heteroatoms. The van der Waals surface area contributed by atoms with Crippen LogP contribution in [0.15, 0.2) is 59.5 Å². The number of hydrogen-bond donors (Lipinski definition) is 1. The molecule has 0 fully saturated rings. The Labute approximate surface area is 182 Å². The molecule has 0 saturated heterocycles. The molecule has 3 aromatic carbocycles. The molecule has 0 amide bonds. The van der Waals surface area contributed by atoms with Crippen LogP contribution >= 0.6 is 11.6 Å². The number of benzene rings is 3. The highest BCUT2D eigenvalue weighted by Gasteiger charge is 2.22. The molecule has 3 rings (SSSR count). The number of rotatable bonds is 7. The summed E-state index contributed by atoms with van der Waals surface area (Å²) in [7, 11) is -2.60. The highest BCUT2D eigenvalue weighted by Crippen LogP contribution is 2.38. The molecule has 3 aromatic rings. The molecule has 5 nitrogen and oxygen atoms in total. The van der Waals surface area contributed by atoms with Crippen molar-refractivity contribution >= 4 is 27.4 Å². The average Bonchev–Trinajstić information content (AvgIpc) is 2.69. The van der Waals surface area contributed by atoms with Gasteiger partial charge in [-0.15, -0.1) is 0 Å². The number of nitrogens with one attached hydrogen (secondary N) is 1. The van der Waals surface area contributed by atoms with E-state index in [9.17, 15) is 8.42 Å². The van der Waals surface area contributed by atoms with Crippen molar-refractivity contribution in [3.63, 3.8) is 0 Å². The first-order valence-electron chi connectivity index (χ1n) is 9.38. The Balaban J connectivity index is 1.84. The summed E-state index contributed by atoms with van der Waals surface area (Å²) in [5.41, 5.74) is 5.12. The van der Waals surface area contributed by atoms with E-state index in [4.69, 9.17) is 20.5 Å². The Morgan fingerprint density at radius 1 is 0.933 bits per heavy atom. The molecule has 0 atom stereocenters. The molecule has 0 unspecified atom stereocenters. The van der Waals surface area contributed by atoms with Crippen LogP contribution in [0.25, 0.3) is 0 Å². The predicted octanol–water partition coefficient (Wildman–Crippen LogP) is 5.65. The number of anilines is 1. The summed E-state index contributed by atoms with van der Waals surface area (Å²) in [6, 6.07) is 15.9. The van der Waals surface area contributed by atoms with Crippen molar-refractivity contribution < 1.29 is 17.3 Å². The first-order valence-corrected chi connectivity index (χ1v) is 11.2. The topological polar surface area (TPSA) is 64.6 Å². The molecular formula is C23H24ClNO4S. The van der Waals surface area contributed by atoms with Crippen LogP contribution in [0.3, 0.4) is 0 Å². The number of methoxy groups -OCH3 is 1. The van der Waals surface area contributed by atoms with Crippen LogP contribution in [0.5, 0.6) is 11.5 Å². The van der Waals surface area contributed by atoms with E-state index in [-0.39, 0.29) is 21.4 Å². The van der Waals surface area contributed by atoms with Gasteiger partial charge in [0.25, 0.3) is 0 Å². The van der Waals surface area contributed by atoms with Crippen molar-refractivity contribution in [2.24, 2.45) is 0 Å². The maximum atomic E-state index is 12.6. The number of halogens is 1. The molecule has 158 valence electrons. The first kappa shape index (κ1) is 22.0. The Morgan fingerprint density at radius 3 is 2.23 bits per heavy atom. The normalized spacial score (nSPS) is 11.2. The lowest BCUT2D eigenvalue weighted by atomic mass is 10.1. The standard InChI is InChI=1S/C23H24ClNO4S/c1-15-5-8-19(9-6-15)30(26,27)29-23-20(24)12-18(13-22(23)28-4)14-25-21-10-7-16(2)11-17(21)3/h5-13,25H,14H2,1-4H3. The summed E-state index contributed by atoms with van der Waals surface area (Å²) in [5.74, 6) is 0.214. The smallest absolute Gasteiger partial charge is 0.339 e. The minimum atomic E-state index is -4.04. The van der Waals surface area contributed by atoms with Crippen LogP contribution < -0.4 is 14.2 Å². The summed E-state index contributed by atoms with van der Waals surface area (Å²) >= 11 is 6.37. The van der Waals surface area contributed by atoms with Gasteiger partial charge >= 0.3 is 10.1 Å². The molecule has 0 aromatic heterocycles. The fourth-order valence-corrected chi connectivity index (χ4v) is 4.30. The molecular weight excluding hydrogens is 422 g/mol. The van der Waals surface area contributed by atoms with Crippen LogP contribution in [-0.4, -0.2) is 15.5 Å². The van der Waals surface area contributed by atoms with E-state index in [0.29, 0.717) is 6.54 Å². The van der Waals surface area contributed by atoms with Crippen LogP contribution in [0, 0.1) is 20.8 Å². The minimum absolute atomic E-state index is 0.0324. The Kier molecular flexibility index (Phi) is 6.58. The van der Waals surface area contributed by atoms with Crippen LogP contribution in [0.4, 0.5) is 5.69 Å². The van der Waals surface area contributed by atoms with Gasteiger partial charge in [0, 0.05) is 12.2 Å². The van der Waals surface area contributed by atoms with Gasteiger partial charge in [-0.25, -0.2) is 0 Å². The van der Waals surface area contributed by atoms with Crippen LogP contribution in [0.2, 0.25) is 5.02 Å². The fraction of sp³-hybridized carbons (Fsp3) is 0.217. The average molecular weight is 446 g/mol. The lowest BCUT2D eigenvalue weighted by Gasteiger charge is -2.15. The fourth-order valence-electron chi connectivity index (χ4n) is 3.03. The second kappa shape index (κ2) is 8.98. The van der Waals surface area contributed by atoms with Gasteiger partial charge in [0.2, 0.25) is 5.75 Å². The van der Waals surface area contributed by atoms with Crippen LogP contribution in [-0.2, 0) is 16.7 Å². The Hall–Kier alpha value is -2.70. The molecule has 0 heterocycles. The van der Waals surface area contributed by atoms with Gasteiger partial charge in [-0.2, -0.15) is 8.42 Å². The van der Waals surface area contributed by atoms with Crippen molar-refractivity contribution in [1.29, 1.82) is 0 Å². The molecule has 0 aliphatic heterocycles. The third kappa shape index (κ3) is 5.07. The zero-order valence-corrected chi connectivity index (χ0v) is 18.9. The highest BCUT2D eigenvalue weighted by molar-refractivity contribution is 7.87. The van der Waals surface area contributed by atoms with E-state index in [1.165, 1.54) is 24.8 Å². The van der Waals surface area contributed by atoms with E-state index in [1.54, 1.807) is 24.3 Å². The zero-order valence-electron chi connectivity index (χ0n) is 17.3. The van der Waals surface area contributed by atoms with E-state index < -0.39 is 10.1 Å².